The van der Waals surface area contributed by atoms with E-state index in [0.29, 0.717) is 0 Å². The lowest BCUT2D eigenvalue weighted by Crippen LogP contribution is -2.01. The van der Waals surface area contributed by atoms with Crippen molar-refractivity contribution in [3.8, 4) is 0 Å². The molecule has 4 heteroatoms. The zero-order chi connectivity index (χ0) is 8.43. The number of pyridine rings is 1. The predicted octanol–water partition coefficient (Wildman–Crippen LogP) is 1.69. The molecule has 3 nitrogen and oxygen atoms in total. The number of carboxylic acid groups (broad SMARTS) is 1. The summed E-state index contributed by atoms with van der Waals surface area (Å²) < 4.78 is 0.979. The Morgan fingerprint density at radius 2 is 2.27 bits per heavy atom. The molecule has 1 N–H and O–H groups in total. The van der Waals surface area contributed by atoms with Crippen LogP contribution in [0, 0.1) is 10.5 Å². The lowest BCUT2D eigenvalue weighted by Gasteiger charge is -1.97. The van der Waals surface area contributed by atoms with Gasteiger partial charge >= 0.3 is 5.97 Å². The van der Waals surface area contributed by atoms with Gasteiger partial charge in [0.1, 0.15) is 5.69 Å². The van der Waals surface area contributed by atoms with Crippen molar-refractivity contribution in [1.82, 2.24) is 4.98 Å². The fraction of sp³-hybridized carbons (Fsp3) is 0.143. The summed E-state index contributed by atoms with van der Waals surface area (Å²) in [7, 11) is 0. The maximum Gasteiger partial charge on any atom is 0.354 e. The van der Waals surface area contributed by atoms with Crippen molar-refractivity contribution in [2.45, 2.75) is 6.92 Å². The van der Waals surface area contributed by atoms with E-state index >= 15 is 0 Å². The Kier molecular flexibility index (Phi) is 2.43. The summed E-state index contributed by atoms with van der Waals surface area (Å²) in [5.41, 5.74) is 0.855. The van der Waals surface area contributed by atoms with E-state index in [1.54, 1.807) is 13.0 Å². The molecule has 1 aromatic heterocycles. The first-order valence-electron chi connectivity index (χ1n) is 2.97. The highest BCUT2D eigenvalue weighted by molar-refractivity contribution is 14.1. The topological polar surface area (TPSA) is 50.2 Å². The molecule has 11 heavy (non-hydrogen) atoms. The summed E-state index contributed by atoms with van der Waals surface area (Å²) in [6.07, 6.45) is 0. The van der Waals surface area contributed by atoms with Crippen molar-refractivity contribution in [3.63, 3.8) is 0 Å². The van der Waals surface area contributed by atoms with Crippen LogP contribution >= 0.6 is 22.6 Å². The van der Waals surface area contributed by atoms with Crippen molar-refractivity contribution in [3.05, 3.63) is 27.1 Å². The van der Waals surface area contributed by atoms with Gasteiger partial charge in [0, 0.05) is 3.57 Å². The van der Waals surface area contributed by atoms with E-state index in [1.807, 2.05) is 0 Å². The first-order valence-corrected chi connectivity index (χ1v) is 4.05. The van der Waals surface area contributed by atoms with Gasteiger partial charge in [-0.1, -0.05) is 0 Å². The van der Waals surface area contributed by atoms with Gasteiger partial charge in [-0.2, -0.15) is 0 Å². The lowest BCUT2D eigenvalue weighted by molar-refractivity contribution is 0.0690. The molecule has 0 aliphatic rings. The molecule has 0 bridgehead atoms. The number of aromatic carboxylic acids is 1. The van der Waals surface area contributed by atoms with Crippen molar-refractivity contribution < 1.29 is 9.90 Å². The van der Waals surface area contributed by atoms with Gasteiger partial charge in [0.25, 0.3) is 0 Å². The third-order valence-corrected chi connectivity index (χ3v) is 2.38. The summed E-state index contributed by atoms with van der Waals surface area (Å²) in [5, 5.41) is 8.54. The number of rotatable bonds is 1. The van der Waals surface area contributed by atoms with Gasteiger partial charge in [-0.25, -0.2) is 9.78 Å². The Morgan fingerprint density at radius 3 is 2.73 bits per heavy atom. The molecule has 0 aliphatic heterocycles. The van der Waals surface area contributed by atoms with Gasteiger partial charge in [-0.05, 0) is 41.6 Å². The third-order valence-electron chi connectivity index (χ3n) is 1.24. The summed E-state index contributed by atoms with van der Waals surface area (Å²) in [6, 6.07) is 3.24. The van der Waals surface area contributed by atoms with Crippen molar-refractivity contribution in [2.75, 3.05) is 0 Å². The van der Waals surface area contributed by atoms with Crippen LogP contribution in [0.1, 0.15) is 16.2 Å². The summed E-state index contributed by atoms with van der Waals surface area (Å²) in [4.78, 5) is 14.3. The number of aromatic nitrogens is 1. The first kappa shape index (κ1) is 8.45. The molecule has 58 valence electrons. The van der Waals surface area contributed by atoms with Gasteiger partial charge in [-0.15, -0.1) is 0 Å². The second-order valence-electron chi connectivity index (χ2n) is 2.07. The van der Waals surface area contributed by atoms with E-state index in [9.17, 15) is 4.79 Å². The number of nitrogens with zero attached hydrogens (tertiary/aromatic N) is 1. The molecule has 0 radical (unpaired) electrons. The minimum absolute atomic E-state index is 0.0999. The van der Waals surface area contributed by atoms with E-state index in [2.05, 4.69) is 27.6 Å². The Hall–Kier alpha value is -0.650. The molecule has 0 fully saturated rings. The van der Waals surface area contributed by atoms with E-state index in [-0.39, 0.29) is 5.69 Å². The first-order chi connectivity index (χ1) is 5.11. The molecule has 0 aromatic carbocycles. The minimum Gasteiger partial charge on any atom is -0.477 e. The molecule has 0 saturated heterocycles. The van der Waals surface area contributed by atoms with Gasteiger partial charge < -0.3 is 5.11 Å². The van der Waals surface area contributed by atoms with E-state index in [1.165, 1.54) is 6.07 Å². The van der Waals surface area contributed by atoms with Crippen LogP contribution in [-0.2, 0) is 0 Å². The quantitative estimate of drug-likeness (QED) is 0.784. The van der Waals surface area contributed by atoms with E-state index < -0.39 is 5.97 Å². The number of carboxylic acids is 1. The molecule has 0 amide bonds. The maximum atomic E-state index is 10.4. The van der Waals surface area contributed by atoms with Crippen LogP contribution in [0.3, 0.4) is 0 Å². The van der Waals surface area contributed by atoms with Gasteiger partial charge in [0.15, 0.2) is 0 Å². The molecular weight excluding hydrogens is 257 g/mol. The Balaban J connectivity index is 3.15. The fourth-order valence-electron chi connectivity index (χ4n) is 0.663. The van der Waals surface area contributed by atoms with Crippen LogP contribution in [0.4, 0.5) is 0 Å². The van der Waals surface area contributed by atoms with Crippen LogP contribution in [0.25, 0.3) is 0 Å². The second-order valence-corrected chi connectivity index (χ2v) is 3.23. The highest BCUT2D eigenvalue weighted by Crippen LogP contribution is 2.08. The predicted molar refractivity (Wildman–Crippen MR) is 48.7 cm³/mol. The zero-order valence-corrected chi connectivity index (χ0v) is 7.99. The van der Waals surface area contributed by atoms with Crippen molar-refractivity contribution >= 4 is 28.6 Å². The number of aryl methyl sites for hydroxylation is 1. The number of halogens is 1. The van der Waals surface area contributed by atoms with Gasteiger partial charge in [0.05, 0.1) is 5.69 Å². The van der Waals surface area contributed by atoms with Gasteiger partial charge in [-0.3, -0.25) is 0 Å². The monoisotopic (exact) mass is 263 g/mol. The summed E-state index contributed by atoms with van der Waals surface area (Å²) in [5.74, 6) is -0.982. The highest BCUT2D eigenvalue weighted by atomic mass is 127. The maximum absolute atomic E-state index is 10.4. The molecule has 1 aromatic rings. The SMILES string of the molecule is Cc1nc(C(=O)O)ccc1I. The molecule has 1 rings (SSSR count). The molecular formula is C7H6INO2. The molecule has 0 saturated carbocycles. The lowest BCUT2D eigenvalue weighted by atomic mass is 10.3. The molecule has 0 unspecified atom stereocenters. The fourth-order valence-corrected chi connectivity index (χ4v) is 0.964. The van der Waals surface area contributed by atoms with Crippen LogP contribution in [0.15, 0.2) is 12.1 Å². The third kappa shape index (κ3) is 1.89. The molecule has 1 heterocycles. The number of carbonyl (C=O) groups is 1. The van der Waals surface area contributed by atoms with Crippen molar-refractivity contribution in [2.24, 2.45) is 0 Å². The molecule has 0 spiro atoms. The van der Waals surface area contributed by atoms with Crippen LogP contribution in [0.5, 0.6) is 0 Å². The normalized spacial score (nSPS) is 9.64. The standard InChI is InChI=1S/C7H6INO2/c1-4-5(8)2-3-6(9-4)7(10)11/h2-3H,1H3,(H,10,11). The number of hydrogen-bond acceptors (Lipinski definition) is 2. The van der Waals surface area contributed by atoms with Gasteiger partial charge in [0.2, 0.25) is 0 Å². The Bertz CT molecular complexity index is 298. The largest absolute Gasteiger partial charge is 0.477 e. The van der Waals surface area contributed by atoms with Crippen LogP contribution < -0.4 is 0 Å². The molecule has 0 atom stereocenters. The summed E-state index contributed by atoms with van der Waals surface area (Å²) in [6.45, 7) is 1.79. The smallest absolute Gasteiger partial charge is 0.354 e. The van der Waals surface area contributed by atoms with E-state index in [4.69, 9.17) is 5.11 Å². The van der Waals surface area contributed by atoms with Crippen LogP contribution in [-0.4, -0.2) is 16.1 Å². The summed E-state index contributed by atoms with van der Waals surface area (Å²) >= 11 is 2.11. The Labute approximate surface area is 77.6 Å². The van der Waals surface area contributed by atoms with Crippen molar-refractivity contribution in [1.29, 1.82) is 0 Å². The minimum atomic E-state index is -0.982. The Morgan fingerprint density at radius 1 is 1.64 bits per heavy atom. The molecule has 0 aliphatic carbocycles. The van der Waals surface area contributed by atoms with E-state index in [0.717, 1.165) is 9.26 Å². The zero-order valence-electron chi connectivity index (χ0n) is 5.84. The number of hydrogen-bond donors (Lipinski definition) is 1. The average molecular weight is 263 g/mol. The second kappa shape index (κ2) is 3.17. The average Bonchev–Trinajstić information content (AvgIpc) is 1.94. The van der Waals surface area contributed by atoms with Crippen LogP contribution in [0.2, 0.25) is 0 Å². The highest BCUT2D eigenvalue weighted by Gasteiger charge is 2.04.